The minimum Gasteiger partial charge on any atom is -0.445 e. The summed E-state index contributed by atoms with van der Waals surface area (Å²) in [6.45, 7) is 1.24. The fraction of sp³-hybridized carbons (Fsp3) is 0.500. The number of piperidine rings is 1. The van der Waals surface area contributed by atoms with Gasteiger partial charge in [0.05, 0.1) is 6.61 Å². The quantitative estimate of drug-likeness (QED) is 0.792. The lowest BCUT2D eigenvalue weighted by molar-refractivity contribution is -0.577. The Morgan fingerprint density at radius 1 is 1.26 bits per heavy atom. The van der Waals surface area contributed by atoms with Crippen LogP contribution in [0.25, 0.3) is 0 Å². The van der Waals surface area contributed by atoms with Gasteiger partial charge in [-0.25, -0.2) is 4.58 Å². The molecule has 1 saturated heterocycles. The highest BCUT2D eigenvalue weighted by molar-refractivity contribution is 5.66. The van der Waals surface area contributed by atoms with Gasteiger partial charge < -0.3 is 10.2 Å². The normalized spacial score (nSPS) is 26.1. The van der Waals surface area contributed by atoms with Crippen LogP contribution in [0.2, 0.25) is 0 Å². The molecule has 1 aromatic rings. The maximum Gasteiger partial charge on any atom is 0.475 e. The number of amidine groups is 1. The summed E-state index contributed by atoms with van der Waals surface area (Å²) >= 11 is 0. The molecule has 2 N–H and O–H groups in total. The Labute approximate surface area is 112 Å². The first-order valence-electron chi connectivity index (χ1n) is 6.69. The summed E-state index contributed by atoms with van der Waals surface area (Å²) in [5, 5.41) is 21.1. The lowest BCUT2D eigenvalue weighted by atomic mass is 10.0. The van der Waals surface area contributed by atoms with Crippen LogP contribution in [0.15, 0.2) is 30.3 Å². The number of hydrogen-bond acceptors (Lipinski definition) is 3. The van der Waals surface area contributed by atoms with Crippen molar-refractivity contribution in [3.63, 3.8) is 0 Å². The molecule has 0 unspecified atom stereocenters. The zero-order chi connectivity index (χ0) is 13.2. The topological polar surface area (TPSA) is 55.9 Å². The number of nitrogens with zero attached hydrogens (tertiary/aromatic N) is 2. The van der Waals surface area contributed by atoms with Crippen LogP contribution in [0.5, 0.6) is 0 Å². The average Bonchev–Trinajstić information content (AvgIpc) is 2.71. The molecule has 0 amide bonds. The zero-order valence-electron chi connectivity index (χ0n) is 10.8. The molecule has 3 rings (SSSR count). The molecule has 1 aromatic carbocycles. The Balaban J connectivity index is 1.69. The fourth-order valence-corrected chi connectivity index (χ4v) is 2.81. The molecule has 2 aliphatic heterocycles. The van der Waals surface area contributed by atoms with Gasteiger partial charge >= 0.3 is 6.02 Å². The molecule has 0 aromatic heterocycles. The number of hydrogen-bond donors (Lipinski definition) is 2. The van der Waals surface area contributed by atoms with E-state index in [-0.39, 0.29) is 24.7 Å². The van der Waals surface area contributed by atoms with E-state index in [4.69, 9.17) is 4.84 Å². The summed E-state index contributed by atoms with van der Waals surface area (Å²) in [4.78, 5) is 5.73. The molecule has 2 atom stereocenters. The number of benzene rings is 1. The first-order valence-corrected chi connectivity index (χ1v) is 6.69. The van der Waals surface area contributed by atoms with Crippen LogP contribution < -0.4 is 0 Å². The van der Waals surface area contributed by atoms with Gasteiger partial charge in [0, 0.05) is 0 Å². The van der Waals surface area contributed by atoms with E-state index in [1.54, 1.807) is 5.06 Å². The predicted molar refractivity (Wildman–Crippen MR) is 69.7 cm³/mol. The second-order valence-corrected chi connectivity index (χ2v) is 5.10. The van der Waals surface area contributed by atoms with E-state index < -0.39 is 0 Å². The maximum absolute atomic E-state index is 10.2. The van der Waals surface area contributed by atoms with Crippen LogP contribution in [0.4, 0.5) is 0 Å². The molecule has 2 aliphatic rings. The molecule has 5 nitrogen and oxygen atoms in total. The van der Waals surface area contributed by atoms with Gasteiger partial charge in [0.15, 0.2) is 6.04 Å². The molecule has 0 radical (unpaired) electrons. The molecule has 0 spiro atoms. The largest absolute Gasteiger partial charge is 0.475 e. The fourth-order valence-electron chi connectivity index (χ4n) is 2.81. The highest BCUT2D eigenvalue weighted by atomic mass is 16.7. The number of fused-ring (bicyclic) bond motifs is 2. The van der Waals surface area contributed by atoms with E-state index >= 15 is 0 Å². The summed E-state index contributed by atoms with van der Waals surface area (Å²) in [5.74, 6) is 0. The third-order valence-corrected chi connectivity index (χ3v) is 3.89. The molecule has 1 fully saturated rings. The van der Waals surface area contributed by atoms with Crippen LogP contribution in [0.3, 0.4) is 0 Å². The van der Waals surface area contributed by atoms with Crippen molar-refractivity contribution < 1.29 is 19.6 Å². The Hall–Kier alpha value is -1.59. The van der Waals surface area contributed by atoms with Crippen molar-refractivity contribution in [2.75, 3.05) is 13.2 Å². The van der Waals surface area contributed by atoms with Crippen LogP contribution in [-0.2, 0) is 11.4 Å². The van der Waals surface area contributed by atoms with Gasteiger partial charge in [-0.1, -0.05) is 35.4 Å². The molecule has 102 valence electrons. The van der Waals surface area contributed by atoms with Gasteiger partial charge in [-0.15, -0.1) is 0 Å². The zero-order valence-corrected chi connectivity index (χ0v) is 10.8. The van der Waals surface area contributed by atoms with Gasteiger partial charge in [0.1, 0.15) is 19.2 Å². The summed E-state index contributed by atoms with van der Waals surface area (Å²) in [7, 11) is 0. The van der Waals surface area contributed by atoms with Crippen LogP contribution in [0.1, 0.15) is 18.4 Å². The van der Waals surface area contributed by atoms with Crippen molar-refractivity contribution in [1.82, 2.24) is 5.06 Å². The molecule has 2 bridgehead atoms. The minimum atomic E-state index is 0.0153. The highest BCUT2D eigenvalue weighted by Gasteiger charge is 2.48. The van der Waals surface area contributed by atoms with Crippen LogP contribution in [0, 0.1) is 0 Å². The average molecular weight is 263 g/mol. The first kappa shape index (κ1) is 12.4. The van der Waals surface area contributed by atoms with E-state index in [9.17, 15) is 10.2 Å². The molecule has 0 saturated carbocycles. The van der Waals surface area contributed by atoms with Crippen molar-refractivity contribution in [3.8, 4) is 0 Å². The third-order valence-electron chi connectivity index (χ3n) is 3.89. The lowest BCUT2D eigenvalue weighted by Crippen LogP contribution is -2.39. The van der Waals surface area contributed by atoms with Crippen molar-refractivity contribution in [3.05, 3.63) is 35.9 Å². The van der Waals surface area contributed by atoms with E-state index in [0.717, 1.165) is 24.9 Å². The summed E-state index contributed by atoms with van der Waals surface area (Å²) in [6, 6.07) is 10.2. The van der Waals surface area contributed by atoms with E-state index in [1.165, 1.54) is 0 Å². The number of aliphatic hydroxyl groups is 2. The molecule has 0 aliphatic carbocycles. The van der Waals surface area contributed by atoms with Crippen molar-refractivity contribution in [1.29, 1.82) is 0 Å². The van der Waals surface area contributed by atoms with Crippen molar-refractivity contribution >= 4 is 6.02 Å². The molecule has 19 heavy (non-hydrogen) atoms. The van der Waals surface area contributed by atoms with E-state index in [0.29, 0.717) is 6.61 Å². The molecular weight excluding hydrogens is 244 g/mol. The van der Waals surface area contributed by atoms with Crippen LogP contribution in [-0.4, -0.2) is 51.1 Å². The minimum absolute atomic E-state index is 0.0153. The Kier molecular flexibility index (Phi) is 3.40. The van der Waals surface area contributed by atoms with Crippen LogP contribution >= 0.6 is 0 Å². The first-order chi connectivity index (χ1) is 9.29. The number of aliphatic hydroxyl groups excluding tert-OH is 2. The monoisotopic (exact) mass is 263 g/mol. The Morgan fingerprint density at radius 3 is 2.79 bits per heavy atom. The van der Waals surface area contributed by atoms with Gasteiger partial charge in [-0.05, 0) is 18.4 Å². The van der Waals surface area contributed by atoms with Crippen molar-refractivity contribution in [2.45, 2.75) is 31.5 Å². The van der Waals surface area contributed by atoms with Gasteiger partial charge in [-0.2, -0.15) is 4.84 Å². The van der Waals surface area contributed by atoms with Gasteiger partial charge in [0.2, 0.25) is 0 Å². The van der Waals surface area contributed by atoms with Gasteiger partial charge in [-0.3, -0.25) is 0 Å². The van der Waals surface area contributed by atoms with E-state index in [2.05, 4.69) is 0 Å². The molecule has 5 heteroatoms. The predicted octanol–water partition coefficient (Wildman–Crippen LogP) is 0.884. The standard InChI is InChI=1S/C14H18N2O3/c17-9-13-7-6-12-8-15(13)14(18)16(12)19-10-11-4-2-1-3-5-11/h1-5,12-13,17H,6-10H2/p+1/t12-,13+/m1/s1. The molecular formula is C14H19N2O3+. The highest BCUT2D eigenvalue weighted by Crippen LogP contribution is 2.25. The maximum atomic E-state index is 10.2. The second-order valence-electron chi connectivity index (χ2n) is 5.10. The summed E-state index contributed by atoms with van der Waals surface area (Å²) in [6.07, 6.45) is 1.82. The Bertz CT molecular complexity index is 475. The van der Waals surface area contributed by atoms with Gasteiger partial charge in [0.25, 0.3) is 0 Å². The summed E-state index contributed by atoms with van der Waals surface area (Å²) < 4.78 is 1.83. The number of hydroxylamine groups is 2. The van der Waals surface area contributed by atoms with E-state index in [1.807, 2.05) is 34.9 Å². The third kappa shape index (κ3) is 2.31. The smallest absolute Gasteiger partial charge is 0.445 e. The number of rotatable bonds is 4. The lowest BCUT2D eigenvalue weighted by Gasteiger charge is -2.20. The summed E-state index contributed by atoms with van der Waals surface area (Å²) in [5.41, 5.74) is 1.07. The SMILES string of the molecule is OC[C@@H]1CC[C@@H]2C[N+]1=C(O)N2OCc1ccccc1. The Morgan fingerprint density at radius 2 is 2.05 bits per heavy atom. The van der Waals surface area contributed by atoms with Crippen molar-refractivity contribution in [2.24, 2.45) is 0 Å². The molecule has 2 heterocycles. The second kappa shape index (κ2) is 5.19.